The van der Waals surface area contributed by atoms with E-state index in [0.717, 1.165) is 26.2 Å². The predicted molar refractivity (Wildman–Crippen MR) is 155 cm³/mol. The van der Waals surface area contributed by atoms with E-state index in [4.69, 9.17) is 0 Å². The minimum Gasteiger partial charge on any atom is -0.291 e. The smallest absolute Gasteiger partial charge is 0.0357 e. The standard InChI is InChI=1S/C35H38N2/c1-5-16-30(17-6-1)28-36(29-31-18-7-2-8-19-31)26-13-14-27-37-34(32-20-9-3-10-21-32)24-15-25-35(37)33-22-11-4-12-23-33/h1-14,16-23,34-35H,15,24-29H2/b14-13+. The van der Waals surface area contributed by atoms with Crippen LogP contribution in [0.3, 0.4) is 0 Å². The third-order valence-electron chi connectivity index (χ3n) is 7.47. The zero-order chi connectivity index (χ0) is 25.1. The maximum absolute atomic E-state index is 2.73. The van der Waals surface area contributed by atoms with Gasteiger partial charge in [0.15, 0.2) is 0 Å². The number of rotatable bonds is 10. The lowest BCUT2D eigenvalue weighted by Crippen LogP contribution is -2.36. The SMILES string of the molecule is C(=C\CN1C(c2ccccc2)CCCC1c1ccccc1)/CN(Cc1ccccc1)Cc1ccccc1. The van der Waals surface area contributed by atoms with E-state index in [-0.39, 0.29) is 0 Å². The van der Waals surface area contributed by atoms with Crippen LogP contribution >= 0.6 is 0 Å². The van der Waals surface area contributed by atoms with E-state index in [9.17, 15) is 0 Å². The first kappa shape index (κ1) is 25.2. The highest BCUT2D eigenvalue weighted by Gasteiger charge is 2.31. The monoisotopic (exact) mass is 486 g/mol. The fourth-order valence-corrected chi connectivity index (χ4v) is 5.66. The Morgan fingerprint density at radius 2 is 1.00 bits per heavy atom. The molecule has 5 rings (SSSR count). The lowest BCUT2D eigenvalue weighted by atomic mass is 9.87. The van der Waals surface area contributed by atoms with Gasteiger partial charge in [0, 0.05) is 38.3 Å². The van der Waals surface area contributed by atoms with Gasteiger partial charge < -0.3 is 0 Å². The molecule has 0 N–H and O–H groups in total. The van der Waals surface area contributed by atoms with Crippen LogP contribution in [0.1, 0.15) is 53.6 Å². The molecule has 2 heteroatoms. The summed E-state index contributed by atoms with van der Waals surface area (Å²) in [6.07, 6.45) is 8.48. The summed E-state index contributed by atoms with van der Waals surface area (Å²) in [4.78, 5) is 5.25. The van der Waals surface area contributed by atoms with Crippen LogP contribution in [0.25, 0.3) is 0 Å². The molecule has 1 fully saturated rings. The van der Waals surface area contributed by atoms with Crippen molar-refractivity contribution in [1.29, 1.82) is 0 Å². The van der Waals surface area contributed by atoms with E-state index >= 15 is 0 Å². The fourth-order valence-electron chi connectivity index (χ4n) is 5.66. The Hall–Kier alpha value is -3.46. The molecule has 2 atom stereocenters. The molecule has 0 spiro atoms. The minimum atomic E-state index is 0.453. The van der Waals surface area contributed by atoms with E-state index in [1.807, 2.05) is 0 Å². The first-order chi connectivity index (χ1) is 18.4. The van der Waals surface area contributed by atoms with Crippen molar-refractivity contribution in [1.82, 2.24) is 9.80 Å². The van der Waals surface area contributed by atoms with Crippen molar-refractivity contribution in [3.8, 4) is 0 Å². The normalized spacial score (nSPS) is 18.4. The zero-order valence-electron chi connectivity index (χ0n) is 21.7. The van der Waals surface area contributed by atoms with Crippen LogP contribution in [0.4, 0.5) is 0 Å². The summed E-state index contributed by atoms with van der Waals surface area (Å²) < 4.78 is 0. The number of hydrogen-bond donors (Lipinski definition) is 0. The Bertz CT molecular complexity index is 1120. The van der Waals surface area contributed by atoms with Crippen molar-refractivity contribution in [2.75, 3.05) is 13.1 Å². The second kappa shape index (κ2) is 13.2. The summed E-state index contributed by atoms with van der Waals surface area (Å²) >= 11 is 0. The van der Waals surface area contributed by atoms with Crippen LogP contribution in [0.15, 0.2) is 133 Å². The van der Waals surface area contributed by atoms with Crippen molar-refractivity contribution in [3.05, 3.63) is 156 Å². The third-order valence-corrected chi connectivity index (χ3v) is 7.47. The van der Waals surface area contributed by atoms with Gasteiger partial charge in [0.2, 0.25) is 0 Å². The van der Waals surface area contributed by atoms with Gasteiger partial charge in [-0.15, -0.1) is 0 Å². The topological polar surface area (TPSA) is 6.48 Å². The molecule has 0 bridgehead atoms. The molecule has 2 nitrogen and oxygen atoms in total. The Morgan fingerprint density at radius 3 is 1.46 bits per heavy atom. The second-order valence-electron chi connectivity index (χ2n) is 10.1. The largest absolute Gasteiger partial charge is 0.291 e. The van der Waals surface area contributed by atoms with Crippen LogP contribution < -0.4 is 0 Å². The van der Waals surface area contributed by atoms with Gasteiger partial charge in [-0.1, -0.05) is 133 Å². The van der Waals surface area contributed by atoms with Crippen LogP contribution in [0, 0.1) is 0 Å². The van der Waals surface area contributed by atoms with Gasteiger partial charge in [-0.25, -0.2) is 0 Å². The highest BCUT2D eigenvalue weighted by atomic mass is 15.2. The number of likely N-dealkylation sites (tertiary alicyclic amines) is 1. The molecular weight excluding hydrogens is 448 g/mol. The minimum absolute atomic E-state index is 0.453. The van der Waals surface area contributed by atoms with E-state index in [2.05, 4.69) is 143 Å². The lowest BCUT2D eigenvalue weighted by molar-refractivity contribution is 0.0961. The maximum atomic E-state index is 2.73. The Labute approximate surface area is 222 Å². The molecule has 1 heterocycles. The van der Waals surface area contributed by atoms with Crippen molar-refractivity contribution in [2.24, 2.45) is 0 Å². The highest BCUT2D eigenvalue weighted by molar-refractivity contribution is 5.25. The third kappa shape index (κ3) is 7.07. The Morgan fingerprint density at radius 1 is 0.568 bits per heavy atom. The zero-order valence-corrected chi connectivity index (χ0v) is 21.7. The van der Waals surface area contributed by atoms with Gasteiger partial charge in [-0.05, 0) is 41.5 Å². The van der Waals surface area contributed by atoms with E-state index in [1.54, 1.807) is 0 Å². The van der Waals surface area contributed by atoms with Crippen molar-refractivity contribution >= 4 is 0 Å². The summed E-state index contributed by atoms with van der Waals surface area (Å²) in [5.74, 6) is 0. The predicted octanol–water partition coefficient (Wildman–Crippen LogP) is 8.21. The van der Waals surface area contributed by atoms with Crippen LogP contribution in [0.5, 0.6) is 0 Å². The van der Waals surface area contributed by atoms with Gasteiger partial charge in [-0.2, -0.15) is 0 Å². The Kier molecular flexibility index (Phi) is 8.98. The molecule has 0 aliphatic carbocycles. The van der Waals surface area contributed by atoms with Gasteiger partial charge in [0.05, 0.1) is 0 Å². The van der Waals surface area contributed by atoms with Gasteiger partial charge in [0.25, 0.3) is 0 Å². The molecular formula is C35H38N2. The molecule has 4 aromatic rings. The number of benzene rings is 4. The van der Waals surface area contributed by atoms with E-state index in [1.165, 1.54) is 41.5 Å². The quantitative estimate of drug-likeness (QED) is 0.208. The number of piperidine rings is 1. The summed E-state index contributed by atoms with van der Waals surface area (Å²) in [6.45, 7) is 3.79. The summed E-state index contributed by atoms with van der Waals surface area (Å²) in [5.41, 5.74) is 5.59. The van der Waals surface area contributed by atoms with Crippen molar-refractivity contribution in [3.63, 3.8) is 0 Å². The molecule has 37 heavy (non-hydrogen) atoms. The Balaban J connectivity index is 1.32. The molecule has 188 valence electrons. The molecule has 0 radical (unpaired) electrons. The van der Waals surface area contributed by atoms with Crippen molar-refractivity contribution < 1.29 is 0 Å². The second-order valence-corrected chi connectivity index (χ2v) is 10.1. The lowest BCUT2D eigenvalue weighted by Gasteiger charge is -2.42. The summed E-state index contributed by atoms with van der Waals surface area (Å²) in [5, 5.41) is 0. The molecule has 0 saturated carbocycles. The molecule has 1 aliphatic heterocycles. The molecule has 0 aromatic heterocycles. The molecule has 0 amide bonds. The van der Waals surface area contributed by atoms with E-state index in [0.29, 0.717) is 12.1 Å². The average Bonchev–Trinajstić information content (AvgIpc) is 2.97. The number of nitrogens with zero attached hydrogens (tertiary/aromatic N) is 2. The summed E-state index contributed by atoms with van der Waals surface area (Å²) in [6, 6.07) is 44.7. The molecule has 1 saturated heterocycles. The molecule has 1 aliphatic rings. The van der Waals surface area contributed by atoms with Gasteiger partial charge >= 0.3 is 0 Å². The van der Waals surface area contributed by atoms with Gasteiger partial charge in [0.1, 0.15) is 0 Å². The first-order valence-corrected chi connectivity index (χ1v) is 13.7. The summed E-state index contributed by atoms with van der Waals surface area (Å²) in [7, 11) is 0. The molecule has 2 unspecified atom stereocenters. The van der Waals surface area contributed by atoms with Crippen LogP contribution in [0.2, 0.25) is 0 Å². The highest BCUT2D eigenvalue weighted by Crippen LogP contribution is 2.41. The van der Waals surface area contributed by atoms with E-state index < -0.39 is 0 Å². The maximum Gasteiger partial charge on any atom is 0.0357 e. The van der Waals surface area contributed by atoms with Crippen LogP contribution in [-0.4, -0.2) is 22.9 Å². The first-order valence-electron chi connectivity index (χ1n) is 13.7. The molecule has 4 aromatic carbocycles. The van der Waals surface area contributed by atoms with Gasteiger partial charge in [-0.3, -0.25) is 9.80 Å². The number of hydrogen-bond acceptors (Lipinski definition) is 2. The van der Waals surface area contributed by atoms with Crippen LogP contribution in [-0.2, 0) is 13.1 Å². The average molecular weight is 487 g/mol. The van der Waals surface area contributed by atoms with Crippen molar-refractivity contribution in [2.45, 2.75) is 44.4 Å². The fraction of sp³-hybridized carbons (Fsp3) is 0.257.